The van der Waals surface area contributed by atoms with Gasteiger partial charge in [-0.05, 0) is 6.42 Å². The number of ether oxygens (including phenoxy) is 1. The van der Waals surface area contributed by atoms with Crippen molar-refractivity contribution in [3.63, 3.8) is 0 Å². The van der Waals surface area contributed by atoms with Crippen molar-refractivity contribution in [2.75, 3.05) is 6.61 Å². The molecule has 1 nitrogen and oxygen atoms in total. The molecule has 0 aliphatic carbocycles. The summed E-state index contributed by atoms with van der Waals surface area (Å²) in [6.07, 6.45) is -5.84. The van der Waals surface area contributed by atoms with Gasteiger partial charge in [0.2, 0.25) is 0 Å². The number of rotatable bonds is 6. The highest BCUT2D eigenvalue weighted by atomic mass is 19.4. The molecule has 0 aromatic carbocycles. The molecule has 0 aromatic heterocycles. The Kier molecular flexibility index (Phi) is 4.42. The lowest BCUT2D eigenvalue weighted by Crippen LogP contribution is -2.62. The average Bonchev–Trinajstić information content (AvgIpc) is 2.12. The van der Waals surface area contributed by atoms with Crippen molar-refractivity contribution in [2.24, 2.45) is 0 Å². The highest BCUT2D eigenvalue weighted by Gasteiger charge is 2.80. The van der Waals surface area contributed by atoms with Gasteiger partial charge in [0, 0.05) is 6.92 Å². The van der Waals surface area contributed by atoms with Crippen molar-refractivity contribution in [1.82, 2.24) is 0 Å². The van der Waals surface area contributed by atoms with Gasteiger partial charge in [-0.3, -0.25) is 0 Å². The van der Waals surface area contributed by atoms with Gasteiger partial charge in [-0.25, -0.2) is 0 Å². The summed E-state index contributed by atoms with van der Waals surface area (Å²) >= 11 is 0. The predicted octanol–water partition coefficient (Wildman–Crippen LogP) is 3.93. The van der Waals surface area contributed by atoms with Crippen LogP contribution in [-0.2, 0) is 4.74 Å². The summed E-state index contributed by atoms with van der Waals surface area (Å²) in [5.74, 6) is -17.8. The molecule has 17 heavy (non-hydrogen) atoms. The van der Waals surface area contributed by atoms with Gasteiger partial charge in [0.25, 0.3) is 0 Å². The van der Waals surface area contributed by atoms with Crippen LogP contribution < -0.4 is 0 Å². The minimum absolute atomic E-state index is 0.167. The van der Waals surface area contributed by atoms with Gasteiger partial charge in [-0.15, -0.1) is 0 Å². The standard InChI is InChI=1S/C8H10F8O/c1-3-4-17-8(15,16)7(13,14)6(11,12)5(2,9)10/h3-4H2,1-2H3. The predicted molar refractivity (Wildman–Crippen MR) is 41.7 cm³/mol. The number of halogens is 8. The first-order chi connectivity index (χ1) is 7.31. The second-order valence-corrected chi connectivity index (χ2v) is 3.40. The van der Waals surface area contributed by atoms with Gasteiger partial charge < -0.3 is 4.74 Å². The van der Waals surface area contributed by atoms with E-state index in [9.17, 15) is 35.1 Å². The van der Waals surface area contributed by atoms with Crippen LogP contribution in [0.1, 0.15) is 20.3 Å². The summed E-state index contributed by atoms with van der Waals surface area (Å²) in [7, 11) is 0. The first-order valence-electron chi connectivity index (χ1n) is 4.46. The summed E-state index contributed by atoms with van der Waals surface area (Å²) in [5.41, 5.74) is 0. The molecule has 0 aliphatic heterocycles. The van der Waals surface area contributed by atoms with Crippen molar-refractivity contribution in [3.05, 3.63) is 0 Å². The van der Waals surface area contributed by atoms with Gasteiger partial charge in [0.1, 0.15) is 0 Å². The van der Waals surface area contributed by atoms with Crippen LogP contribution >= 0.6 is 0 Å². The molecular weight excluding hydrogens is 264 g/mol. The number of hydrogen-bond donors (Lipinski definition) is 0. The molecule has 0 amide bonds. The van der Waals surface area contributed by atoms with E-state index in [4.69, 9.17) is 0 Å². The van der Waals surface area contributed by atoms with Crippen molar-refractivity contribution < 1.29 is 39.9 Å². The van der Waals surface area contributed by atoms with Crippen LogP contribution in [0.15, 0.2) is 0 Å². The van der Waals surface area contributed by atoms with Crippen molar-refractivity contribution in [1.29, 1.82) is 0 Å². The lowest BCUT2D eigenvalue weighted by molar-refractivity contribution is -0.425. The van der Waals surface area contributed by atoms with Crippen molar-refractivity contribution in [3.8, 4) is 0 Å². The van der Waals surface area contributed by atoms with Crippen LogP contribution in [-0.4, -0.2) is 30.5 Å². The van der Waals surface area contributed by atoms with E-state index in [-0.39, 0.29) is 6.42 Å². The van der Waals surface area contributed by atoms with Crippen molar-refractivity contribution >= 4 is 0 Å². The van der Waals surface area contributed by atoms with E-state index in [0.29, 0.717) is 0 Å². The van der Waals surface area contributed by atoms with Crippen LogP contribution in [0.5, 0.6) is 0 Å². The molecular formula is C8H10F8O. The molecule has 0 fully saturated rings. The third-order valence-corrected chi connectivity index (χ3v) is 1.80. The molecule has 0 spiro atoms. The molecule has 0 unspecified atom stereocenters. The van der Waals surface area contributed by atoms with Crippen LogP contribution in [0.2, 0.25) is 0 Å². The van der Waals surface area contributed by atoms with Gasteiger partial charge in [0.15, 0.2) is 0 Å². The number of alkyl halides is 8. The lowest BCUT2D eigenvalue weighted by atomic mass is 10.1. The molecule has 0 atom stereocenters. The maximum Gasteiger partial charge on any atom is 0.426 e. The van der Waals surface area contributed by atoms with E-state index in [1.165, 1.54) is 6.92 Å². The zero-order valence-electron chi connectivity index (χ0n) is 8.85. The Hall–Kier alpha value is -0.600. The summed E-state index contributed by atoms with van der Waals surface area (Å²) in [5, 5.41) is 0. The molecule has 0 rings (SSSR count). The van der Waals surface area contributed by atoms with E-state index in [0.717, 1.165) is 0 Å². The summed E-state index contributed by atoms with van der Waals surface area (Å²) in [4.78, 5) is 0. The molecule has 0 aromatic rings. The first kappa shape index (κ1) is 16.4. The highest BCUT2D eigenvalue weighted by Crippen LogP contribution is 2.52. The Morgan fingerprint density at radius 1 is 0.824 bits per heavy atom. The molecule has 9 heteroatoms. The lowest BCUT2D eigenvalue weighted by Gasteiger charge is -2.34. The van der Waals surface area contributed by atoms with Gasteiger partial charge >= 0.3 is 23.9 Å². The second-order valence-electron chi connectivity index (χ2n) is 3.40. The molecule has 104 valence electrons. The molecule has 0 N–H and O–H groups in total. The van der Waals surface area contributed by atoms with Gasteiger partial charge in [-0.2, -0.15) is 35.1 Å². The largest absolute Gasteiger partial charge is 0.426 e. The fourth-order valence-electron chi connectivity index (χ4n) is 0.779. The topological polar surface area (TPSA) is 9.23 Å². The average molecular weight is 274 g/mol. The normalized spacial score (nSPS) is 15.2. The van der Waals surface area contributed by atoms with Crippen LogP contribution in [0.3, 0.4) is 0 Å². The summed E-state index contributed by atoms with van der Waals surface area (Å²) in [6.45, 7) is -0.286. The van der Waals surface area contributed by atoms with Crippen LogP contribution in [0, 0.1) is 0 Å². The van der Waals surface area contributed by atoms with Crippen LogP contribution in [0.4, 0.5) is 35.1 Å². The van der Waals surface area contributed by atoms with Crippen LogP contribution in [0.25, 0.3) is 0 Å². The van der Waals surface area contributed by atoms with E-state index >= 15 is 0 Å². The Labute approximate surface area is 91.7 Å². The summed E-state index contributed by atoms with van der Waals surface area (Å²) < 4.78 is 103. The molecule has 0 aliphatic rings. The maximum atomic E-state index is 12.7. The quantitative estimate of drug-likeness (QED) is 0.667. The zero-order valence-corrected chi connectivity index (χ0v) is 8.85. The number of hydrogen-bond acceptors (Lipinski definition) is 1. The Balaban J connectivity index is 5.24. The molecule has 0 heterocycles. The van der Waals surface area contributed by atoms with E-state index in [1.807, 2.05) is 0 Å². The maximum absolute atomic E-state index is 12.7. The van der Waals surface area contributed by atoms with Crippen molar-refractivity contribution in [2.45, 2.75) is 44.1 Å². The molecule has 0 saturated heterocycles. The SMILES string of the molecule is CCCOC(F)(F)C(F)(F)C(F)(F)C(C)(F)F. The monoisotopic (exact) mass is 274 g/mol. The molecule has 0 radical (unpaired) electrons. The zero-order chi connectivity index (χ0) is 14.1. The Morgan fingerprint density at radius 3 is 1.53 bits per heavy atom. The molecule has 0 saturated carbocycles. The first-order valence-corrected chi connectivity index (χ1v) is 4.46. The highest BCUT2D eigenvalue weighted by molar-refractivity contribution is 4.98. The third kappa shape index (κ3) is 2.80. The minimum atomic E-state index is -6.31. The van der Waals surface area contributed by atoms with E-state index < -0.39 is 37.4 Å². The third-order valence-electron chi connectivity index (χ3n) is 1.80. The van der Waals surface area contributed by atoms with Gasteiger partial charge in [-0.1, -0.05) is 6.92 Å². The Bertz CT molecular complexity index is 257. The fourth-order valence-corrected chi connectivity index (χ4v) is 0.779. The summed E-state index contributed by atoms with van der Waals surface area (Å²) in [6, 6.07) is 0. The van der Waals surface area contributed by atoms with E-state index in [2.05, 4.69) is 4.74 Å². The Morgan fingerprint density at radius 2 is 1.24 bits per heavy atom. The van der Waals surface area contributed by atoms with E-state index in [1.54, 1.807) is 0 Å². The van der Waals surface area contributed by atoms with Gasteiger partial charge in [0.05, 0.1) is 6.61 Å². The minimum Gasteiger partial charge on any atom is -0.316 e. The molecule has 0 bridgehead atoms. The fraction of sp³-hybridized carbons (Fsp3) is 1.00. The smallest absolute Gasteiger partial charge is 0.316 e. The second kappa shape index (κ2) is 4.58.